The van der Waals surface area contributed by atoms with Crippen molar-refractivity contribution >= 4 is 5.91 Å². The van der Waals surface area contributed by atoms with Crippen molar-refractivity contribution in [2.75, 3.05) is 26.2 Å². The molecule has 1 saturated heterocycles. The molecule has 0 saturated carbocycles. The number of hydrogen-bond donors (Lipinski definition) is 1. The van der Waals surface area contributed by atoms with Gasteiger partial charge in [0.25, 0.3) is 5.91 Å². The van der Waals surface area contributed by atoms with Gasteiger partial charge in [-0.05, 0) is 0 Å². The zero-order valence-corrected chi connectivity index (χ0v) is 9.44. The average Bonchev–Trinajstić information content (AvgIpc) is 2.39. The first-order valence-electron chi connectivity index (χ1n) is 5.62. The summed E-state index contributed by atoms with van der Waals surface area (Å²) in [6.45, 7) is 5.23. The zero-order chi connectivity index (χ0) is 11.4. The van der Waals surface area contributed by atoms with Crippen LogP contribution < -0.4 is 5.32 Å². The minimum atomic E-state index is 0.0316. The highest BCUT2D eigenvalue weighted by Crippen LogP contribution is 2.04. The van der Waals surface area contributed by atoms with Gasteiger partial charge in [-0.2, -0.15) is 0 Å². The fourth-order valence-corrected chi connectivity index (χ4v) is 1.70. The molecule has 0 radical (unpaired) electrons. The number of aryl methyl sites for hydroxylation is 1. The van der Waals surface area contributed by atoms with Crippen LogP contribution in [0.4, 0.5) is 0 Å². The van der Waals surface area contributed by atoms with Crippen molar-refractivity contribution in [3.8, 4) is 0 Å². The molecule has 86 valence electrons. The normalized spacial score (nSPS) is 16.2. The van der Waals surface area contributed by atoms with Crippen LogP contribution in [0.15, 0.2) is 12.4 Å². The molecule has 5 heteroatoms. The van der Waals surface area contributed by atoms with Crippen LogP contribution in [0, 0.1) is 0 Å². The third kappa shape index (κ3) is 2.36. The van der Waals surface area contributed by atoms with Gasteiger partial charge < -0.3 is 10.2 Å². The van der Waals surface area contributed by atoms with E-state index in [-0.39, 0.29) is 5.91 Å². The Balaban J connectivity index is 2.07. The summed E-state index contributed by atoms with van der Waals surface area (Å²) in [5.74, 6) is 0.806. The number of hydrogen-bond acceptors (Lipinski definition) is 4. The average molecular weight is 220 g/mol. The molecule has 1 N–H and O–H groups in total. The molecule has 1 aromatic rings. The summed E-state index contributed by atoms with van der Waals surface area (Å²) in [6.07, 6.45) is 4.04. The SMILES string of the molecule is CCc1ncc(C(=O)N2CCNCC2)cn1. The van der Waals surface area contributed by atoms with Crippen LogP contribution in [-0.4, -0.2) is 47.0 Å². The summed E-state index contributed by atoms with van der Waals surface area (Å²) < 4.78 is 0. The molecule has 0 spiro atoms. The van der Waals surface area contributed by atoms with E-state index in [1.54, 1.807) is 12.4 Å². The summed E-state index contributed by atoms with van der Waals surface area (Å²) >= 11 is 0. The molecule has 0 aliphatic carbocycles. The third-order valence-electron chi connectivity index (χ3n) is 2.67. The standard InChI is InChI=1S/C11H16N4O/c1-2-10-13-7-9(8-14-10)11(16)15-5-3-12-4-6-15/h7-8,12H,2-6H2,1H3. The Morgan fingerprint density at radius 1 is 1.38 bits per heavy atom. The zero-order valence-electron chi connectivity index (χ0n) is 9.44. The summed E-state index contributed by atoms with van der Waals surface area (Å²) in [4.78, 5) is 22.1. The molecule has 1 aliphatic rings. The van der Waals surface area contributed by atoms with E-state index in [9.17, 15) is 4.79 Å². The highest BCUT2D eigenvalue weighted by Gasteiger charge is 2.18. The molecule has 0 atom stereocenters. The number of nitrogens with zero attached hydrogens (tertiary/aromatic N) is 3. The second-order valence-electron chi connectivity index (χ2n) is 3.78. The third-order valence-corrected chi connectivity index (χ3v) is 2.67. The van der Waals surface area contributed by atoms with Crippen LogP contribution in [0.3, 0.4) is 0 Å². The predicted molar refractivity (Wildman–Crippen MR) is 60.2 cm³/mol. The Labute approximate surface area is 94.9 Å². The van der Waals surface area contributed by atoms with Gasteiger partial charge in [0.1, 0.15) is 5.82 Å². The van der Waals surface area contributed by atoms with Crippen molar-refractivity contribution in [3.05, 3.63) is 23.8 Å². The van der Waals surface area contributed by atoms with E-state index in [0.29, 0.717) is 5.56 Å². The van der Waals surface area contributed by atoms with Crippen LogP contribution in [0.25, 0.3) is 0 Å². The number of piperazine rings is 1. The maximum absolute atomic E-state index is 12.0. The smallest absolute Gasteiger partial charge is 0.257 e. The maximum atomic E-state index is 12.0. The van der Waals surface area contributed by atoms with Gasteiger partial charge in [0.15, 0.2) is 0 Å². The Hall–Kier alpha value is -1.49. The molecule has 1 aromatic heterocycles. The van der Waals surface area contributed by atoms with Crippen molar-refractivity contribution in [2.24, 2.45) is 0 Å². The molecule has 1 fully saturated rings. The van der Waals surface area contributed by atoms with Crippen molar-refractivity contribution in [2.45, 2.75) is 13.3 Å². The fraction of sp³-hybridized carbons (Fsp3) is 0.545. The van der Waals surface area contributed by atoms with Gasteiger partial charge in [0.05, 0.1) is 5.56 Å². The lowest BCUT2D eigenvalue weighted by Crippen LogP contribution is -2.46. The molecule has 16 heavy (non-hydrogen) atoms. The first kappa shape index (κ1) is 11.0. The highest BCUT2D eigenvalue weighted by atomic mass is 16.2. The lowest BCUT2D eigenvalue weighted by molar-refractivity contribution is 0.0735. The van der Waals surface area contributed by atoms with Crippen molar-refractivity contribution < 1.29 is 4.79 Å². The molecule has 0 aromatic carbocycles. The Morgan fingerprint density at radius 3 is 2.56 bits per heavy atom. The van der Waals surface area contributed by atoms with E-state index >= 15 is 0 Å². The molecule has 1 amide bonds. The number of carbonyl (C=O) groups is 1. The molecule has 5 nitrogen and oxygen atoms in total. The topological polar surface area (TPSA) is 58.1 Å². The first-order chi connectivity index (χ1) is 7.81. The maximum Gasteiger partial charge on any atom is 0.257 e. The van der Waals surface area contributed by atoms with E-state index in [1.807, 2.05) is 11.8 Å². The van der Waals surface area contributed by atoms with Crippen LogP contribution in [0.5, 0.6) is 0 Å². The molecular formula is C11H16N4O. The largest absolute Gasteiger partial charge is 0.336 e. The van der Waals surface area contributed by atoms with E-state index in [1.165, 1.54) is 0 Å². The van der Waals surface area contributed by atoms with Gasteiger partial charge in [-0.1, -0.05) is 6.92 Å². The number of aromatic nitrogens is 2. The summed E-state index contributed by atoms with van der Waals surface area (Å²) in [5.41, 5.74) is 0.583. The summed E-state index contributed by atoms with van der Waals surface area (Å²) in [5, 5.41) is 3.21. The van der Waals surface area contributed by atoms with Gasteiger partial charge in [0, 0.05) is 45.0 Å². The van der Waals surface area contributed by atoms with Gasteiger partial charge in [-0.25, -0.2) is 9.97 Å². The van der Waals surface area contributed by atoms with Crippen LogP contribution >= 0.6 is 0 Å². The lowest BCUT2D eigenvalue weighted by atomic mass is 10.2. The van der Waals surface area contributed by atoms with Crippen LogP contribution in [0.2, 0.25) is 0 Å². The molecule has 2 heterocycles. The van der Waals surface area contributed by atoms with Gasteiger partial charge in [0.2, 0.25) is 0 Å². The number of amides is 1. The minimum Gasteiger partial charge on any atom is -0.336 e. The minimum absolute atomic E-state index is 0.0316. The monoisotopic (exact) mass is 220 g/mol. The second-order valence-corrected chi connectivity index (χ2v) is 3.78. The Bertz CT molecular complexity index is 357. The molecule has 0 unspecified atom stereocenters. The molecule has 0 bridgehead atoms. The van der Waals surface area contributed by atoms with E-state index < -0.39 is 0 Å². The van der Waals surface area contributed by atoms with Crippen molar-refractivity contribution in [1.82, 2.24) is 20.2 Å². The lowest BCUT2D eigenvalue weighted by Gasteiger charge is -2.27. The van der Waals surface area contributed by atoms with Crippen molar-refractivity contribution in [1.29, 1.82) is 0 Å². The number of nitrogens with one attached hydrogen (secondary N) is 1. The van der Waals surface area contributed by atoms with Crippen LogP contribution in [0.1, 0.15) is 23.1 Å². The van der Waals surface area contributed by atoms with Gasteiger partial charge in [-0.15, -0.1) is 0 Å². The van der Waals surface area contributed by atoms with Crippen molar-refractivity contribution in [3.63, 3.8) is 0 Å². The van der Waals surface area contributed by atoms with E-state index in [2.05, 4.69) is 15.3 Å². The Kier molecular flexibility index (Phi) is 3.46. The van der Waals surface area contributed by atoms with Gasteiger partial charge in [-0.3, -0.25) is 4.79 Å². The molecular weight excluding hydrogens is 204 g/mol. The quantitative estimate of drug-likeness (QED) is 0.767. The summed E-state index contributed by atoms with van der Waals surface area (Å²) in [7, 11) is 0. The van der Waals surface area contributed by atoms with E-state index in [0.717, 1.165) is 38.4 Å². The Morgan fingerprint density at radius 2 is 2.00 bits per heavy atom. The highest BCUT2D eigenvalue weighted by molar-refractivity contribution is 5.93. The van der Waals surface area contributed by atoms with Crippen LogP contribution in [-0.2, 0) is 6.42 Å². The predicted octanol–water partition coefficient (Wildman–Crippen LogP) is 0.0844. The van der Waals surface area contributed by atoms with E-state index in [4.69, 9.17) is 0 Å². The first-order valence-corrected chi connectivity index (χ1v) is 5.62. The molecule has 1 aliphatic heterocycles. The number of rotatable bonds is 2. The fourth-order valence-electron chi connectivity index (χ4n) is 1.70. The van der Waals surface area contributed by atoms with Gasteiger partial charge >= 0.3 is 0 Å². The number of carbonyl (C=O) groups excluding carboxylic acids is 1. The second kappa shape index (κ2) is 5.03. The molecule has 2 rings (SSSR count). The summed E-state index contributed by atoms with van der Waals surface area (Å²) in [6, 6.07) is 0.